The topological polar surface area (TPSA) is 75.6 Å². The maximum atomic E-state index is 12.1. The van der Waals surface area contributed by atoms with Gasteiger partial charge in [-0.1, -0.05) is 24.9 Å². The Morgan fingerprint density at radius 2 is 2.16 bits per heavy atom. The standard InChI is InChI=1S/C12H18ClNO4S/c1-3-4-10(15)8-14-19(16,17)12-6-5-9(13)7-11(12)18-2/h5-7,10,14-15H,3-4,8H2,1-2H3. The molecule has 0 aliphatic heterocycles. The maximum Gasteiger partial charge on any atom is 0.244 e. The summed E-state index contributed by atoms with van der Waals surface area (Å²) in [7, 11) is -2.36. The molecule has 0 amide bonds. The van der Waals surface area contributed by atoms with Crippen molar-refractivity contribution in [1.29, 1.82) is 0 Å². The van der Waals surface area contributed by atoms with E-state index in [4.69, 9.17) is 16.3 Å². The summed E-state index contributed by atoms with van der Waals surface area (Å²) in [5.41, 5.74) is 0. The molecule has 1 aromatic rings. The molecule has 0 spiro atoms. The predicted octanol–water partition coefficient (Wildman–Crippen LogP) is 1.79. The highest BCUT2D eigenvalue weighted by Gasteiger charge is 2.20. The van der Waals surface area contributed by atoms with Crippen LogP contribution in [0.5, 0.6) is 5.75 Å². The Morgan fingerprint density at radius 3 is 2.74 bits per heavy atom. The number of hydrogen-bond acceptors (Lipinski definition) is 4. The van der Waals surface area contributed by atoms with Gasteiger partial charge in [-0.05, 0) is 18.6 Å². The Bertz CT molecular complexity index is 518. The molecular weight excluding hydrogens is 290 g/mol. The van der Waals surface area contributed by atoms with Gasteiger partial charge in [0.05, 0.1) is 13.2 Å². The van der Waals surface area contributed by atoms with Gasteiger partial charge in [0, 0.05) is 17.6 Å². The SMILES string of the molecule is CCCC(O)CNS(=O)(=O)c1ccc(Cl)cc1OC. The van der Waals surface area contributed by atoms with Gasteiger partial charge < -0.3 is 9.84 Å². The van der Waals surface area contributed by atoms with E-state index in [1.165, 1.54) is 25.3 Å². The van der Waals surface area contributed by atoms with Crippen LogP contribution in [-0.4, -0.2) is 33.3 Å². The number of benzene rings is 1. The van der Waals surface area contributed by atoms with Gasteiger partial charge in [-0.15, -0.1) is 0 Å². The van der Waals surface area contributed by atoms with Crippen LogP contribution in [0.1, 0.15) is 19.8 Å². The van der Waals surface area contributed by atoms with E-state index in [2.05, 4.69) is 4.72 Å². The van der Waals surface area contributed by atoms with Crippen molar-refractivity contribution in [2.75, 3.05) is 13.7 Å². The molecule has 0 saturated heterocycles. The van der Waals surface area contributed by atoms with E-state index in [0.717, 1.165) is 6.42 Å². The van der Waals surface area contributed by atoms with Gasteiger partial charge in [-0.25, -0.2) is 13.1 Å². The molecule has 0 aliphatic carbocycles. The van der Waals surface area contributed by atoms with Crippen molar-refractivity contribution in [3.8, 4) is 5.75 Å². The summed E-state index contributed by atoms with van der Waals surface area (Å²) in [4.78, 5) is 0.00287. The lowest BCUT2D eigenvalue weighted by Crippen LogP contribution is -2.32. The molecule has 2 N–H and O–H groups in total. The second kappa shape index (κ2) is 7.09. The first-order chi connectivity index (χ1) is 8.90. The first-order valence-electron chi connectivity index (χ1n) is 5.92. The Kier molecular flexibility index (Phi) is 6.06. The van der Waals surface area contributed by atoms with Crippen molar-refractivity contribution < 1.29 is 18.3 Å². The van der Waals surface area contributed by atoms with Gasteiger partial charge in [-0.2, -0.15) is 0 Å². The van der Waals surface area contributed by atoms with Gasteiger partial charge in [0.15, 0.2) is 0 Å². The van der Waals surface area contributed by atoms with E-state index in [9.17, 15) is 13.5 Å². The zero-order valence-electron chi connectivity index (χ0n) is 10.9. The zero-order chi connectivity index (χ0) is 14.5. The minimum atomic E-state index is -3.73. The summed E-state index contributed by atoms with van der Waals surface area (Å²) in [6.07, 6.45) is 0.631. The van der Waals surface area contributed by atoms with Crippen molar-refractivity contribution in [3.05, 3.63) is 23.2 Å². The molecule has 19 heavy (non-hydrogen) atoms. The summed E-state index contributed by atoms with van der Waals surface area (Å²) >= 11 is 5.78. The summed E-state index contributed by atoms with van der Waals surface area (Å²) in [5, 5.41) is 9.94. The third-order valence-electron chi connectivity index (χ3n) is 2.55. The lowest BCUT2D eigenvalue weighted by molar-refractivity contribution is 0.167. The molecule has 1 unspecified atom stereocenters. The highest BCUT2D eigenvalue weighted by molar-refractivity contribution is 7.89. The van der Waals surface area contributed by atoms with Gasteiger partial charge >= 0.3 is 0 Å². The summed E-state index contributed by atoms with van der Waals surface area (Å²) in [6.45, 7) is 1.89. The van der Waals surface area contributed by atoms with Crippen LogP contribution in [0.2, 0.25) is 5.02 Å². The van der Waals surface area contributed by atoms with E-state index >= 15 is 0 Å². The van der Waals surface area contributed by atoms with Crippen molar-refractivity contribution >= 4 is 21.6 Å². The van der Waals surface area contributed by atoms with Gasteiger partial charge in [-0.3, -0.25) is 0 Å². The summed E-state index contributed by atoms with van der Waals surface area (Å²) < 4.78 is 31.5. The van der Waals surface area contributed by atoms with Crippen molar-refractivity contribution in [2.45, 2.75) is 30.8 Å². The van der Waals surface area contributed by atoms with Crippen LogP contribution in [0.15, 0.2) is 23.1 Å². The Morgan fingerprint density at radius 1 is 1.47 bits per heavy atom. The van der Waals surface area contributed by atoms with Crippen LogP contribution in [0.4, 0.5) is 0 Å². The number of hydrogen-bond donors (Lipinski definition) is 2. The molecule has 1 atom stereocenters. The molecule has 0 heterocycles. The number of sulfonamides is 1. The highest BCUT2D eigenvalue weighted by Crippen LogP contribution is 2.26. The number of aliphatic hydroxyl groups excluding tert-OH is 1. The minimum Gasteiger partial charge on any atom is -0.495 e. The van der Waals surface area contributed by atoms with Crippen LogP contribution >= 0.6 is 11.6 Å². The van der Waals surface area contributed by atoms with Crippen LogP contribution in [0.25, 0.3) is 0 Å². The first-order valence-corrected chi connectivity index (χ1v) is 7.78. The van der Waals surface area contributed by atoms with Crippen molar-refractivity contribution in [2.24, 2.45) is 0 Å². The number of methoxy groups -OCH3 is 1. The molecule has 0 saturated carbocycles. The zero-order valence-corrected chi connectivity index (χ0v) is 12.5. The van der Waals surface area contributed by atoms with Gasteiger partial charge in [0.2, 0.25) is 10.0 Å². The maximum absolute atomic E-state index is 12.1. The average molecular weight is 308 g/mol. The normalized spacial score (nSPS) is 13.3. The Hall–Kier alpha value is -0.820. The van der Waals surface area contributed by atoms with E-state index in [0.29, 0.717) is 11.4 Å². The van der Waals surface area contributed by atoms with Crippen LogP contribution in [0, 0.1) is 0 Å². The van der Waals surface area contributed by atoms with Crippen molar-refractivity contribution in [3.63, 3.8) is 0 Å². The first kappa shape index (κ1) is 16.2. The lowest BCUT2D eigenvalue weighted by atomic mass is 10.2. The largest absolute Gasteiger partial charge is 0.495 e. The number of aliphatic hydroxyl groups is 1. The molecule has 5 nitrogen and oxygen atoms in total. The average Bonchev–Trinajstić information content (AvgIpc) is 2.36. The smallest absolute Gasteiger partial charge is 0.244 e. The third kappa shape index (κ3) is 4.65. The second-order valence-electron chi connectivity index (χ2n) is 4.09. The Balaban J connectivity index is 2.88. The van der Waals surface area contributed by atoms with E-state index in [-0.39, 0.29) is 17.2 Å². The van der Waals surface area contributed by atoms with E-state index in [1.807, 2.05) is 6.92 Å². The molecule has 0 fully saturated rings. The lowest BCUT2D eigenvalue weighted by Gasteiger charge is -2.13. The number of nitrogens with one attached hydrogen (secondary N) is 1. The number of ether oxygens (including phenoxy) is 1. The van der Waals surface area contributed by atoms with Gasteiger partial charge in [0.1, 0.15) is 10.6 Å². The molecule has 1 rings (SSSR count). The fourth-order valence-corrected chi connectivity index (χ4v) is 2.97. The molecule has 108 valence electrons. The van der Waals surface area contributed by atoms with Gasteiger partial charge in [0.25, 0.3) is 0 Å². The van der Waals surface area contributed by atoms with Crippen molar-refractivity contribution in [1.82, 2.24) is 4.72 Å². The monoisotopic (exact) mass is 307 g/mol. The molecule has 0 bridgehead atoms. The van der Waals surface area contributed by atoms with E-state index in [1.54, 1.807) is 0 Å². The molecule has 0 aliphatic rings. The van der Waals surface area contributed by atoms with Crippen LogP contribution < -0.4 is 9.46 Å². The Labute approximate surface area is 118 Å². The van der Waals surface area contributed by atoms with Crippen LogP contribution in [-0.2, 0) is 10.0 Å². The third-order valence-corrected chi connectivity index (χ3v) is 4.24. The fraction of sp³-hybridized carbons (Fsp3) is 0.500. The molecule has 0 aromatic heterocycles. The summed E-state index contributed by atoms with van der Waals surface area (Å²) in [6, 6.07) is 4.27. The minimum absolute atomic E-state index is 0.00287. The van der Waals surface area contributed by atoms with E-state index < -0.39 is 16.1 Å². The van der Waals surface area contributed by atoms with Crippen LogP contribution in [0.3, 0.4) is 0 Å². The molecule has 7 heteroatoms. The molecular formula is C12H18ClNO4S. The quantitative estimate of drug-likeness (QED) is 0.805. The second-order valence-corrected chi connectivity index (χ2v) is 6.26. The fourth-order valence-electron chi connectivity index (χ4n) is 1.58. The molecule has 0 radical (unpaired) electrons. The molecule has 1 aromatic carbocycles. The highest BCUT2D eigenvalue weighted by atomic mass is 35.5. The number of rotatable bonds is 7. The predicted molar refractivity (Wildman–Crippen MR) is 74.1 cm³/mol. The number of halogens is 1. The summed E-state index contributed by atoms with van der Waals surface area (Å²) in [5.74, 6) is 0.171.